The number of carbonyl (C=O) groups excluding carboxylic acids is 1. The Morgan fingerprint density at radius 3 is 2.47 bits per heavy atom. The van der Waals surface area contributed by atoms with E-state index in [4.69, 9.17) is 5.41 Å². The highest BCUT2D eigenvalue weighted by atomic mass is 32.2. The predicted molar refractivity (Wildman–Crippen MR) is 61.6 cm³/mol. The van der Waals surface area contributed by atoms with Crippen molar-refractivity contribution in [3.05, 3.63) is 41.0 Å². The van der Waals surface area contributed by atoms with Crippen LogP contribution in [0, 0.1) is 5.41 Å². The first-order chi connectivity index (χ1) is 7.16. The van der Waals surface area contributed by atoms with E-state index in [0.717, 1.165) is 11.8 Å². The van der Waals surface area contributed by atoms with Crippen molar-refractivity contribution in [2.24, 2.45) is 0 Å². The number of carbonyl (C=O) groups is 1. The van der Waals surface area contributed by atoms with Gasteiger partial charge in [0.25, 0.3) is 0 Å². The van der Waals surface area contributed by atoms with Gasteiger partial charge >= 0.3 is 0 Å². The van der Waals surface area contributed by atoms with Crippen molar-refractivity contribution in [1.82, 2.24) is 0 Å². The van der Waals surface area contributed by atoms with Crippen LogP contribution in [-0.2, 0) is 0 Å². The first kappa shape index (κ1) is 9.98. The van der Waals surface area contributed by atoms with Crippen LogP contribution < -0.4 is 0 Å². The zero-order valence-corrected chi connectivity index (χ0v) is 8.89. The minimum atomic E-state index is -0.262. The number of hydrogen-bond acceptors (Lipinski definition) is 4. The zero-order valence-electron chi connectivity index (χ0n) is 8.07. The van der Waals surface area contributed by atoms with Crippen LogP contribution >= 0.6 is 11.8 Å². The van der Waals surface area contributed by atoms with E-state index < -0.39 is 0 Å². The Morgan fingerprint density at radius 2 is 1.93 bits per heavy atom. The standard InChI is InChI=1S/C11H9NO2S/c1-15-11(12)8-9(13)6-4-2-3-5-7(6)10(8)14/h2-5,12-13H,1H3. The molecule has 0 saturated heterocycles. The van der Waals surface area contributed by atoms with Gasteiger partial charge in [0.1, 0.15) is 10.8 Å². The number of Topliss-reactive ketones (excluding diaryl/α,β-unsaturated/α-hetero) is 1. The Kier molecular flexibility index (Phi) is 2.36. The molecular formula is C11H9NO2S. The average molecular weight is 219 g/mol. The van der Waals surface area contributed by atoms with Gasteiger partial charge in [-0.1, -0.05) is 24.3 Å². The summed E-state index contributed by atoms with van der Waals surface area (Å²) in [4.78, 5) is 11.8. The molecule has 0 heterocycles. The van der Waals surface area contributed by atoms with Gasteiger partial charge in [0.15, 0.2) is 5.78 Å². The topological polar surface area (TPSA) is 61.1 Å². The number of nitrogens with one attached hydrogen (secondary N) is 1. The molecule has 4 heteroatoms. The molecule has 0 amide bonds. The monoisotopic (exact) mass is 219 g/mol. The Morgan fingerprint density at radius 1 is 1.33 bits per heavy atom. The fraction of sp³-hybridized carbons (Fsp3) is 0.0909. The van der Waals surface area contributed by atoms with E-state index in [1.165, 1.54) is 0 Å². The van der Waals surface area contributed by atoms with Crippen LogP contribution in [-0.4, -0.2) is 22.2 Å². The number of thioether (sulfide) groups is 1. The first-order valence-electron chi connectivity index (χ1n) is 4.37. The van der Waals surface area contributed by atoms with Gasteiger partial charge in [-0.3, -0.25) is 10.2 Å². The van der Waals surface area contributed by atoms with E-state index in [0.29, 0.717) is 11.1 Å². The van der Waals surface area contributed by atoms with E-state index in [1.807, 2.05) is 0 Å². The SMILES string of the molecule is CSC(=N)C1=C(O)c2ccccc2C1=O. The van der Waals surface area contributed by atoms with E-state index in [2.05, 4.69) is 0 Å². The van der Waals surface area contributed by atoms with Gasteiger partial charge in [-0.15, -0.1) is 11.8 Å². The van der Waals surface area contributed by atoms with Crippen LogP contribution in [0.15, 0.2) is 29.8 Å². The minimum absolute atomic E-state index is 0.0741. The molecule has 1 aliphatic rings. The Balaban J connectivity index is 2.60. The normalized spacial score (nSPS) is 14.3. The highest BCUT2D eigenvalue weighted by Gasteiger charge is 2.31. The molecule has 0 spiro atoms. The van der Waals surface area contributed by atoms with E-state index >= 15 is 0 Å². The highest BCUT2D eigenvalue weighted by Crippen LogP contribution is 2.32. The summed E-state index contributed by atoms with van der Waals surface area (Å²) in [5.74, 6) is -0.336. The largest absolute Gasteiger partial charge is 0.506 e. The summed E-state index contributed by atoms with van der Waals surface area (Å²) in [6.45, 7) is 0. The molecule has 0 bridgehead atoms. The molecule has 0 unspecified atom stereocenters. The van der Waals surface area contributed by atoms with Crippen LogP contribution in [0.4, 0.5) is 0 Å². The van der Waals surface area contributed by atoms with Gasteiger partial charge in [-0.2, -0.15) is 0 Å². The van der Waals surface area contributed by atoms with Gasteiger partial charge in [0, 0.05) is 11.1 Å². The van der Waals surface area contributed by atoms with E-state index in [-0.39, 0.29) is 22.2 Å². The summed E-state index contributed by atoms with van der Waals surface area (Å²) < 4.78 is 0. The fourth-order valence-electron chi connectivity index (χ4n) is 1.58. The zero-order chi connectivity index (χ0) is 11.0. The van der Waals surface area contributed by atoms with Gasteiger partial charge in [-0.25, -0.2) is 0 Å². The summed E-state index contributed by atoms with van der Waals surface area (Å²) in [5.41, 5.74) is 1.11. The predicted octanol–water partition coefficient (Wildman–Crippen LogP) is 2.49. The summed E-state index contributed by atoms with van der Waals surface area (Å²) in [5, 5.41) is 17.5. The van der Waals surface area contributed by atoms with Crippen LogP contribution in [0.2, 0.25) is 0 Å². The molecule has 1 aliphatic carbocycles. The number of aliphatic hydroxyl groups is 1. The molecule has 76 valence electrons. The third-order valence-electron chi connectivity index (χ3n) is 2.32. The van der Waals surface area contributed by atoms with Crippen molar-refractivity contribution in [3.63, 3.8) is 0 Å². The lowest BCUT2D eigenvalue weighted by molar-refractivity contribution is 0.104. The Bertz CT molecular complexity index is 491. The molecule has 1 aromatic carbocycles. The fourth-order valence-corrected chi connectivity index (χ4v) is 1.97. The molecule has 2 rings (SSSR count). The Labute approximate surface area is 91.3 Å². The molecule has 0 aliphatic heterocycles. The second-order valence-electron chi connectivity index (χ2n) is 3.13. The summed E-state index contributed by atoms with van der Waals surface area (Å²) in [7, 11) is 0. The number of benzene rings is 1. The number of aliphatic hydroxyl groups excluding tert-OH is 1. The molecule has 0 aromatic heterocycles. The maximum absolute atomic E-state index is 11.8. The number of hydrogen-bond donors (Lipinski definition) is 2. The number of fused-ring (bicyclic) bond motifs is 1. The third-order valence-corrected chi connectivity index (χ3v) is 2.93. The van der Waals surface area contributed by atoms with Crippen LogP contribution in [0.25, 0.3) is 5.76 Å². The van der Waals surface area contributed by atoms with Crippen LogP contribution in [0.5, 0.6) is 0 Å². The lowest BCUT2D eigenvalue weighted by atomic mass is 10.1. The molecular weight excluding hydrogens is 210 g/mol. The number of rotatable bonds is 1. The lowest BCUT2D eigenvalue weighted by Gasteiger charge is -1.99. The highest BCUT2D eigenvalue weighted by molar-refractivity contribution is 8.13. The van der Waals surface area contributed by atoms with Crippen molar-refractivity contribution in [1.29, 1.82) is 5.41 Å². The maximum atomic E-state index is 11.8. The summed E-state index contributed by atoms with van der Waals surface area (Å²) in [6, 6.07) is 6.85. The third kappa shape index (κ3) is 1.37. The maximum Gasteiger partial charge on any atom is 0.200 e. The first-order valence-corrected chi connectivity index (χ1v) is 5.59. The molecule has 0 saturated carbocycles. The number of ketones is 1. The Hall–Kier alpha value is -1.55. The smallest absolute Gasteiger partial charge is 0.200 e. The molecule has 0 atom stereocenters. The average Bonchev–Trinajstić information content (AvgIpc) is 2.52. The van der Waals surface area contributed by atoms with Gasteiger partial charge in [0.2, 0.25) is 0 Å². The molecule has 15 heavy (non-hydrogen) atoms. The second kappa shape index (κ2) is 3.55. The van der Waals surface area contributed by atoms with Crippen molar-refractivity contribution in [2.45, 2.75) is 0 Å². The van der Waals surface area contributed by atoms with Gasteiger partial charge in [0.05, 0.1) is 5.57 Å². The lowest BCUT2D eigenvalue weighted by Crippen LogP contribution is -2.06. The van der Waals surface area contributed by atoms with Gasteiger partial charge < -0.3 is 5.11 Å². The minimum Gasteiger partial charge on any atom is -0.506 e. The quantitative estimate of drug-likeness (QED) is 0.563. The van der Waals surface area contributed by atoms with E-state index in [9.17, 15) is 9.90 Å². The van der Waals surface area contributed by atoms with Crippen molar-refractivity contribution in [3.8, 4) is 0 Å². The van der Waals surface area contributed by atoms with Crippen molar-refractivity contribution >= 4 is 28.3 Å². The molecule has 0 fully saturated rings. The summed E-state index contributed by atoms with van der Waals surface area (Å²) >= 11 is 1.14. The van der Waals surface area contributed by atoms with Crippen molar-refractivity contribution in [2.75, 3.05) is 6.26 Å². The van der Waals surface area contributed by atoms with Crippen LogP contribution in [0.3, 0.4) is 0 Å². The molecule has 0 radical (unpaired) electrons. The summed E-state index contributed by atoms with van der Waals surface area (Å²) in [6.07, 6.45) is 1.71. The molecule has 1 aromatic rings. The van der Waals surface area contributed by atoms with E-state index in [1.54, 1.807) is 30.5 Å². The van der Waals surface area contributed by atoms with Gasteiger partial charge in [-0.05, 0) is 6.26 Å². The van der Waals surface area contributed by atoms with Crippen LogP contribution in [0.1, 0.15) is 15.9 Å². The second-order valence-corrected chi connectivity index (χ2v) is 3.95. The molecule has 2 N–H and O–H groups in total. The van der Waals surface area contributed by atoms with Crippen molar-refractivity contribution < 1.29 is 9.90 Å². The molecule has 3 nitrogen and oxygen atoms in total.